The summed E-state index contributed by atoms with van der Waals surface area (Å²) in [4.78, 5) is 15.4. The molecule has 2 N–H and O–H groups in total. The third kappa shape index (κ3) is 3.81. The first-order chi connectivity index (χ1) is 9.45. The molecule has 6 heteroatoms. The van der Waals surface area contributed by atoms with Gasteiger partial charge in [-0.1, -0.05) is 32.9 Å². The standard InChI is InChI=1S/C14H18N4O2/c1-14(2,3)10-4-6-11(7-5-10)20-8-12(19)17-13-15-9-16-18-13/h4-7,9H,8H2,1-3H3,(H2,15,16,17,18,19). The zero-order valence-corrected chi connectivity index (χ0v) is 11.8. The summed E-state index contributed by atoms with van der Waals surface area (Å²) in [5.74, 6) is 0.675. The highest BCUT2D eigenvalue weighted by Gasteiger charge is 2.13. The van der Waals surface area contributed by atoms with Crippen LogP contribution >= 0.6 is 0 Å². The molecule has 0 atom stereocenters. The number of benzene rings is 1. The zero-order valence-electron chi connectivity index (χ0n) is 11.8. The maximum absolute atomic E-state index is 11.6. The number of amides is 1. The molecule has 0 aliphatic rings. The number of hydrogen-bond donors (Lipinski definition) is 2. The Morgan fingerprint density at radius 2 is 2.00 bits per heavy atom. The second-order valence-corrected chi connectivity index (χ2v) is 5.45. The molecule has 0 saturated heterocycles. The number of carbonyl (C=O) groups is 1. The Bertz CT molecular complexity index is 556. The van der Waals surface area contributed by atoms with Crippen molar-refractivity contribution in [3.05, 3.63) is 36.2 Å². The van der Waals surface area contributed by atoms with Crippen molar-refractivity contribution < 1.29 is 9.53 Å². The van der Waals surface area contributed by atoms with Crippen LogP contribution in [-0.2, 0) is 10.2 Å². The predicted molar refractivity (Wildman–Crippen MR) is 75.6 cm³/mol. The van der Waals surface area contributed by atoms with Crippen LogP contribution in [0, 0.1) is 0 Å². The lowest BCUT2D eigenvalue weighted by molar-refractivity contribution is -0.118. The summed E-state index contributed by atoms with van der Waals surface area (Å²) in [6, 6.07) is 7.73. The molecule has 0 unspecified atom stereocenters. The zero-order chi connectivity index (χ0) is 14.6. The second-order valence-electron chi connectivity index (χ2n) is 5.45. The minimum Gasteiger partial charge on any atom is -0.484 e. The van der Waals surface area contributed by atoms with Crippen molar-refractivity contribution in [2.45, 2.75) is 26.2 Å². The minimum atomic E-state index is -0.290. The molecule has 2 aromatic rings. The molecule has 0 spiro atoms. The highest BCUT2D eigenvalue weighted by molar-refractivity contribution is 5.90. The van der Waals surface area contributed by atoms with Gasteiger partial charge >= 0.3 is 0 Å². The van der Waals surface area contributed by atoms with Gasteiger partial charge in [0, 0.05) is 0 Å². The Hall–Kier alpha value is -2.37. The van der Waals surface area contributed by atoms with Gasteiger partial charge in [0.2, 0.25) is 5.95 Å². The molecule has 6 nitrogen and oxygen atoms in total. The number of nitrogens with zero attached hydrogens (tertiary/aromatic N) is 2. The van der Waals surface area contributed by atoms with Gasteiger partial charge in [-0.3, -0.25) is 10.1 Å². The summed E-state index contributed by atoms with van der Waals surface area (Å²) in [5.41, 5.74) is 1.32. The first-order valence-electron chi connectivity index (χ1n) is 6.34. The van der Waals surface area contributed by atoms with E-state index in [9.17, 15) is 4.79 Å². The van der Waals surface area contributed by atoms with Gasteiger partial charge in [-0.05, 0) is 23.1 Å². The van der Waals surface area contributed by atoms with Gasteiger partial charge < -0.3 is 4.74 Å². The number of rotatable bonds is 4. The van der Waals surface area contributed by atoms with Crippen LogP contribution in [0.3, 0.4) is 0 Å². The van der Waals surface area contributed by atoms with Gasteiger partial charge in [-0.2, -0.15) is 10.1 Å². The molecule has 106 valence electrons. The maximum atomic E-state index is 11.6. The summed E-state index contributed by atoms with van der Waals surface area (Å²) in [7, 11) is 0. The Morgan fingerprint density at radius 3 is 2.55 bits per heavy atom. The van der Waals surface area contributed by atoms with E-state index in [2.05, 4.69) is 41.3 Å². The van der Waals surface area contributed by atoms with Crippen LogP contribution in [0.25, 0.3) is 0 Å². The van der Waals surface area contributed by atoms with Crippen LogP contribution in [0.1, 0.15) is 26.3 Å². The molecule has 1 aromatic heterocycles. The number of aromatic amines is 1. The van der Waals surface area contributed by atoms with Crippen LogP contribution in [-0.4, -0.2) is 27.7 Å². The number of hydrogen-bond acceptors (Lipinski definition) is 4. The fourth-order valence-corrected chi connectivity index (χ4v) is 1.63. The van der Waals surface area contributed by atoms with Crippen molar-refractivity contribution in [2.75, 3.05) is 11.9 Å². The molecule has 0 radical (unpaired) electrons. The van der Waals surface area contributed by atoms with E-state index >= 15 is 0 Å². The van der Waals surface area contributed by atoms with Gasteiger partial charge in [-0.15, -0.1) is 0 Å². The lowest BCUT2D eigenvalue weighted by atomic mass is 9.87. The highest BCUT2D eigenvalue weighted by atomic mass is 16.5. The maximum Gasteiger partial charge on any atom is 0.264 e. The molecule has 1 heterocycles. The molecule has 1 aromatic carbocycles. The second kappa shape index (κ2) is 5.73. The third-order valence-electron chi connectivity index (χ3n) is 2.76. The Kier molecular flexibility index (Phi) is 4.02. The Morgan fingerprint density at radius 1 is 1.30 bits per heavy atom. The number of H-pyrrole nitrogens is 1. The highest BCUT2D eigenvalue weighted by Crippen LogP contribution is 2.24. The van der Waals surface area contributed by atoms with Gasteiger partial charge in [0.15, 0.2) is 6.61 Å². The molecule has 1 amide bonds. The Labute approximate surface area is 117 Å². The van der Waals surface area contributed by atoms with Crippen LogP contribution in [0.2, 0.25) is 0 Å². The summed E-state index contributed by atoms with van der Waals surface area (Å²) >= 11 is 0. The molecule has 20 heavy (non-hydrogen) atoms. The largest absolute Gasteiger partial charge is 0.484 e. The summed E-state index contributed by atoms with van der Waals surface area (Å²) in [6.45, 7) is 6.37. The van der Waals surface area contributed by atoms with E-state index in [0.717, 1.165) is 0 Å². The molecular formula is C14H18N4O2. The molecule has 0 bridgehead atoms. The molecule has 0 saturated carbocycles. The topological polar surface area (TPSA) is 79.9 Å². The number of nitrogens with one attached hydrogen (secondary N) is 2. The van der Waals surface area contributed by atoms with Gasteiger partial charge in [0.25, 0.3) is 5.91 Å². The molecular weight excluding hydrogens is 256 g/mol. The number of anilines is 1. The SMILES string of the molecule is CC(C)(C)c1ccc(OCC(=O)Nc2ncn[nH]2)cc1. The van der Waals surface area contributed by atoms with E-state index in [1.54, 1.807) is 0 Å². The van der Waals surface area contributed by atoms with Crippen molar-refractivity contribution >= 4 is 11.9 Å². The van der Waals surface area contributed by atoms with Crippen molar-refractivity contribution in [1.82, 2.24) is 15.2 Å². The number of aromatic nitrogens is 3. The summed E-state index contributed by atoms with van der Waals surface area (Å²) in [5, 5.41) is 8.71. The van der Waals surface area contributed by atoms with Crippen LogP contribution < -0.4 is 10.1 Å². The van der Waals surface area contributed by atoms with Gasteiger partial charge in [0.05, 0.1) is 0 Å². The van der Waals surface area contributed by atoms with E-state index in [1.807, 2.05) is 24.3 Å². The number of ether oxygens (including phenoxy) is 1. The summed E-state index contributed by atoms with van der Waals surface area (Å²) in [6.07, 6.45) is 1.32. The van der Waals surface area contributed by atoms with Gasteiger partial charge in [-0.25, -0.2) is 5.10 Å². The van der Waals surface area contributed by atoms with Crippen LogP contribution in [0.15, 0.2) is 30.6 Å². The lowest BCUT2D eigenvalue weighted by Gasteiger charge is -2.19. The van der Waals surface area contributed by atoms with Crippen LogP contribution in [0.5, 0.6) is 5.75 Å². The van der Waals surface area contributed by atoms with Crippen molar-refractivity contribution in [1.29, 1.82) is 0 Å². The van der Waals surface area contributed by atoms with E-state index in [1.165, 1.54) is 11.9 Å². The minimum absolute atomic E-state index is 0.0738. The first kappa shape index (κ1) is 14.0. The van der Waals surface area contributed by atoms with E-state index < -0.39 is 0 Å². The lowest BCUT2D eigenvalue weighted by Crippen LogP contribution is -2.21. The predicted octanol–water partition coefficient (Wildman–Crippen LogP) is 2.12. The Balaban J connectivity index is 1.86. The van der Waals surface area contributed by atoms with E-state index in [0.29, 0.717) is 11.7 Å². The average molecular weight is 274 g/mol. The molecule has 0 aliphatic heterocycles. The first-order valence-corrected chi connectivity index (χ1v) is 6.34. The summed E-state index contributed by atoms with van der Waals surface area (Å²) < 4.78 is 5.41. The quantitative estimate of drug-likeness (QED) is 0.895. The van der Waals surface area contributed by atoms with Crippen LogP contribution in [0.4, 0.5) is 5.95 Å². The van der Waals surface area contributed by atoms with Crippen molar-refractivity contribution in [3.8, 4) is 5.75 Å². The third-order valence-corrected chi connectivity index (χ3v) is 2.76. The molecule has 0 aliphatic carbocycles. The average Bonchev–Trinajstić information content (AvgIpc) is 2.88. The normalized spacial score (nSPS) is 11.2. The fraction of sp³-hybridized carbons (Fsp3) is 0.357. The fourth-order valence-electron chi connectivity index (χ4n) is 1.63. The molecule has 0 fully saturated rings. The van der Waals surface area contributed by atoms with Gasteiger partial charge in [0.1, 0.15) is 12.1 Å². The van der Waals surface area contributed by atoms with Crippen molar-refractivity contribution in [3.63, 3.8) is 0 Å². The number of carbonyl (C=O) groups excluding carboxylic acids is 1. The van der Waals surface area contributed by atoms with Crippen molar-refractivity contribution in [2.24, 2.45) is 0 Å². The smallest absolute Gasteiger partial charge is 0.264 e. The van der Waals surface area contributed by atoms with E-state index in [-0.39, 0.29) is 17.9 Å². The monoisotopic (exact) mass is 274 g/mol. The van der Waals surface area contributed by atoms with E-state index in [4.69, 9.17) is 4.74 Å². The molecule has 2 rings (SSSR count).